The summed E-state index contributed by atoms with van der Waals surface area (Å²) in [6.07, 6.45) is 1.78. The van der Waals surface area contributed by atoms with E-state index in [4.69, 9.17) is 0 Å². The lowest BCUT2D eigenvalue weighted by atomic mass is 10.2. The third kappa shape index (κ3) is 0.925. The van der Waals surface area contributed by atoms with Gasteiger partial charge in [0.1, 0.15) is 0 Å². The van der Waals surface area contributed by atoms with E-state index < -0.39 is 0 Å². The maximum atomic E-state index is 11.5. The van der Waals surface area contributed by atoms with Crippen molar-refractivity contribution in [1.82, 2.24) is 4.40 Å². The van der Waals surface area contributed by atoms with Crippen LogP contribution in [0.5, 0.6) is 0 Å². The van der Waals surface area contributed by atoms with Gasteiger partial charge in [0.15, 0.2) is 0 Å². The van der Waals surface area contributed by atoms with Crippen LogP contribution in [-0.2, 0) is 0 Å². The number of rotatable bonds is 0. The van der Waals surface area contributed by atoms with Gasteiger partial charge < -0.3 is 0 Å². The van der Waals surface area contributed by atoms with Crippen LogP contribution in [0.2, 0.25) is 0 Å². The maximum absolute atomic E-state index is 11.5. The molecule has 0 aliphatic rings. The second-order valence-electron chi connectivity index (χ2n) is 2.82. The molecule has 2 heterocycles. The summed E-state index contributed by atoms with van der Waals surface area (Å²) in [5, 5.41) is 0. The van der Waals surface area contributed by atoms with Crippen LogP contribution >= 0.6 is 0 Å². The molecule has 0 bridgehead atoms. The van der Waals surface area contributed by atoms with Crippen molar-refractivity contribution < 1.29 is 0 Å². The van der Waals surface area contributed by atoms with Crippen molar-refractivity contribution in [3.05, 3.63) is 52.4 Å². The molecule has 0 fully saturated rings. The van der Waals surface area contributed by atoms with Gasteiger partial charge in [-0.25, -0.2) is 0 Å². The van der Waals surface area contributed by atoms with Gasteiger partial charge in [0, 0.05) is 17.3 Å². The Morgan fingerprint density at radius 1 is 1.17 bits per heavy atom. The molecule has 0 amide bonds. The molecule has 2 heteroatoms. The summed E-state index contributed by atoms with van der Waals surface area (Å²) in [6, 6.07) is 9.48. The van der Waals surface area contributed by atoms with Gasteiger partial charge in [0.25, 0.3) is 5.56 Å². The minimum absolute atomic E-state index is 0.0631. The van der Waals surface area contributed by atoms with Gasteiger partial charge in [-0.1, -0.05) is 12.1 Å². The highest BCUT2D eigenvalue weighted by Gasteiger charge is 1.95. The minimum atomic E-state index is 0.0631. The molecule has 2 nitrogen and oxygen atoms in total. The smallest absolute Gasteiger partial charge is 0.257 e. The predicted octanol–water partition coefficient (Wildman–Crippen LogP) is 1.61. The predicted molar refractivity (Wildman–Crippen MR) is 48.4 cm³/mol. The highest BCUT2D eigenvalue weighted by Crippen LogP contribution is 1.99. The lowest BCUT2D eigenvalue weighted by molar-refractivity contribution is 1.07. The zero-order valence-electron chi connectivity index (χ0n) is 6.82. The fraction of sp³-hybridized carbons (Fsp3) is 0.100. The molecule has 0 aliphatic heterocycles. The molecule has 0 saturated heterocycles. The average molecular weight is 159 g/mol. The second-order valence-corrected chi connectivity index (χ2v) is 2.82. The first kappa shape index (κ1) is 7.10. The number of aryl methyl sites for hydroxylation is 1. The number of fused-ring (bicyclic) bond motifs is 1. The first-order chi connectivity index (χ1) is 5.79. The molecular formula is C10H9NO. The lowest BCUT2D eigenvalue weighted by Crippen LogP contribution is -2.14. The fourth-order valence-electron chi connectivity index (χ4n) is 1.25. The van der Waals surface area contributed by atoms with Crippen molar-refractivity contribution in [2.45, 2.75) is 6.92 Å². The molecule has 0 aliphatic carbocycles. The first-order valence-corrected chi connectivity index (χ1v) is 3.86. The summed E-state index contributed by atoms with van der Waals surface area (Å²) >= 11 is 0. The summed E-state index contributed by atoms with van der Waals surface area (Å²) < 4.78 is 1.65. The monoisotopic (exact) mass is 159 g/mol. The van der Waals surface area contributed by atoms with Gasteiger partial charge in [-0.2, -0.15) is 0 Å². The van der Waals surface area contributed by atoms with Crippen LogP contribution in [0, 0.1) is 6.92 Å². The zero-order valence-corrected chi connectivity index (χ0v) is 6.82. The quantitative estimate of drug-likeness (QED) is 0.572. The lowest BCUT2D eigenvalue weighted by Gasteiger charge is -1.99. The summed E-state index contributed by atoms with van der Waals surface area (Å²) in [4.78, 5) is 11.5. The molecule has 2 aromatic heterocycles. The van der Waals surface area contributed by atoms with E-state index >= 15 is 0 Å². The SMILES string of the molecule is Cc1ccc2ccccn2c1=O. The second kappa shape index (κ2) is 2.48. The Bertz CT molecular complexity index is 470. The minimum Gasteiger partial charge on any atom is -0.284 e. The Balaban J connectivity index is 3.01. The maximum Gasteiger partial charge on any atom is 0.257 e. The van der Waals surface area contributed by atoms with Crippen LogP contribution in [0.25, 0.3) is 5.52 Å². The molecule has 2 rings (SSSR count). The van der Waals surface area contributed by atoms with Gasteiger partial charge in [-0.15, -0.1) is 0 Å². The van der Waals surface area contributed by atoms with Crippen molar-refractivity contribution in [2.24, 2.45) is 0 Å². The summed E-state index contributed by atoms with van der Waals surface area (Å²) in [6.45, 7) is 1.82. The van der Waals surface area contributed by atoms with E-state index in [1.165, 1.54) is 0 Å². The molecule has 0 spiro atoms. The molecule has 0 aromatic carbocycles. The van der Waals surface area contributed by atoms with E-state index in [1.54, 1.807) is 10.6 Å². The van der Waals surface area contributed by atoms with Gasteiger partial charge in [-0.3, -0.25) is 9.20 Å². The molecule has 0 N–H and O–H groups in total. The van der Waals surface area contributed by atoms with Gasteiger partial charge in [0.2, 0.25) is 0 Å². The van der Waals surface area contributed by atoms with Crippen LogP contribution < -0.4 is 5.56 Å². The molecule has 2 aromatic rings. The van der Waals surface area contributed by atoms with Crippen molar-refractivity contribution in [3.8, 4) is 0 Å². The molecule has 0 unspecified atom stereocenters. The van der Waals surface area contributed by atoms with E-state index in [0.29, 0.717) is 0 Å². The third-order valence-electron chi connectivity index (χ3n) is 1.95. The summed E-state index contributed by atoms with van der Waals surface area (Å²) in [5.41, 5.74) is 1.78. The molecule has 0 saturated carbocycles. The highest BCUT2D eigenvalue weighted by molar-refractivity contribution is 5.46. The van der Waals surface area contributed by atoms with Crippen molar-refractivity contribution in [1.29, 1.82) is 0 Å². The van der Waals surface area contributed by atoms with E-state index in [-0.39, 0.29) is 5.56 Å². The van der Waals surface area contributed by atoms with Crippen LogP contribution in [0.3, 0.4) is 0 Å². The molecule has 0 atom stereocenters. The summed E-state index contributed by atoms with van der Waals surface area (Å²) in [7, 11) is 0. The largest absolute Gasteiger partial charge is 0.284 e. The molecule has 60 valence electrons. The highest BCUT2D eigenvalue weighted by atomic mass is 16.1. The van der Waals surface area contributed by atoms with Crippen molar-refractivity contribution in [2.75, 3.05) is 0 Å². The van der Waals surface area contributed by atoms with Crippen molar-refractivity contribution in [3.63, 3.8) is 0 Å². The van der Waals surface area contributed by atoms with Gasteiger partial charge in [0.05, 0.1) is 0 Å². The molecule has 12 heavy (non-hydrogen) atoms. The Kier molecular flexibility index (Phi) is 1.47. The standard InChI is InChI=1S/C10H9NO/c1-8-5-6-9-4-2-3-7-11(9)10(8)12/h2-7H,1H3. The Morgan fingerprint density at radius 3 is 2.83 bits per heavy atom. The number of hydrogen-bond acceptors (Lipinski definition) is 1. The van der Waals surface area contributed by atoms with E-state index in [9.17, 15) is 4.79 Å². The van der Waals surface area contributed by atoms with E-state index in [2.05, 4.69) is 0 Å². The first-order valence-electron chi connectivity index (χ1n) is 3.86. The molecule has 0 radical (unpaired) electrons. The number of pyridine rings is 2. The zero-order chi connectivity index (χ0) is 8.55. The number of aromatic nitrogens is 1. The Hall–Kier alpha value is -1.57. The molecular weight excluding hydrogens is 150 g/mol. The van der Waals surface area contributed by atoms with E-state index in [1.807, 2.05) is 37.3 Å². The van der Waals surface area contributed by atoms with E-state index in [0.717, 1.165) is 11.1 Å². The van der Waals surface area contributed by atoms with Crippen LogP contribution in [0.1, 0.15) is 5.56 Å². The van der Waals surface area contributed by atoms with Crippen LogP contribution in [0.15, 0.2) is 41.3 Å². The number of hydrogen-bond donors (Lipinski definition) is 0. The van der Waals surface area contributed by atoms with Gasteiger partial charge >= 0.3 is 0 Å². The average Bonchev–Trinajstić information content (AvgIpc) is 2.12. The Labute approximate surface area is 70.1 Å². The summed E-state index contributed by atoms with van der Waals surface area (Å²) in [5.74, 6) is 0. The fourth-order valence-corrected chi connectivity index (χ4v) is 1.25. The third-order valence-corrected chi connectivity index (χ3v) is 1.95. The van der Waals surface area contributed by atoms with Gasteiger partial charge in [-0.05, 0) is 25.1 Å². The topological polar surface area (TPSA) is 21.5 Å². The van der Waals surface area contributed by atoms with Crippen LogP contribution in [-0.4, -0.2) is 4.40 Å². The van der Waals surface area contributed by atoms with Crippen molar-refractivity contribution >= 4 is 5.52 Å². The normalized spacial score (nSPS) is 10.4. The number of nitrogens with zero attached hydrogens (tertiary/aromatic N) is 1. The Morgan fingerprint density at radius 2 is 2.00 bits per heavy atom. The van der Waals surface area contributed by atoms with Crippen LogP contribution in [0.4, 0.5) is 0 Å².